The van der Waals surface area contributed by atoms with E-state index in [2.05, 4.69) is 0 Å². The molecular formula is C11H10ClN3O3. The Hall–Kier alpha value is -2.13. The van der Waals surface area contributed by atoms with Gasteiger partial charge in [0.15, 0.2) is 0 Å². The minimum absolute atomic E-state index is 0.0259. The molecule has 0 fully saturated rings. The summed E-state index contributed by atoms with van der Waals surface area (Å²) in [7, 11) is 1.47. The second-order valence-corrected chi connectivity index (χ2v) is 3.93. The summed E-state index contributed by atoms with van der Waals surface area (Å²) in [6.45, 7) is 0.192. The topological polar surface area (TPSA) is 87.2 Å². The molecule has 0 bridgehead atoms. The molecule has 0 heterocycles. The van der Waals surface area contributed by atoms with Gasteiger partial charge in [-0.25, -0.2) is 0 Å². The van der Waals surface area contributed by atoms with Gasteiger partial charge in [0.25, 0.3) is 11.6 Å². The Morgan fingerprint density at radius 3 is 2.83 bits per heavy atom. The van der Waals surface area contributed by atoms with Crippen LogP contribution in [0.2, 0.25) is 5.02 Å². The molecule has 1 aromatic carbocycles. The third-order valence-corrected chi connectivity index (χ3v) is 2.62. The summed E-state index contributed by atoms with van der Waals surface area (Å²) in [5.41, 5.74) is -0.485. The van der Waals surface area contributed by atoms with Crippen LogP contribution in [0.5, 0.6) is 0 Å². The molecule has 0 aliphatic carbocycles. The van der Waals surface area contributed by atoms with Gasteiger partial charge < -0.3 is 4.90 Å². The molecule has 0 aliphatic rings. The minimum atomic E-state index is -0.656. The standard InChI is InChI=1S/C11H10ClN3O3/c1-14(7-3-6-13)11(16)10-8(12)4-2-5-9(10)15(17)18/h2,4-5H,3,7H2,1H3. The minimum Gasteiger partial charge on any atom is -0.340 e. The van der Waals surface area contributed by atoms with Gasteiger partial charge in [0.1, 0.15) is 5.56 Å². The molecule has 0 aliphatic heterocycles. The molecule has 0 unspecified atom stereocenters. The summed E-state index contributed by atoms with van der Waals surface area (Å²) in [6.07, 6.45) is 0.153. The van der Waals surface area contributed by atoms with Crippen molar-refractivity contribution in [3.8, 4) is 6.07 Å². The molecule has 0 aromatic heterocycles. The Morgan fingerprint density at radius 1 is 1.61 bits per heavy atom. The lowest BCUT2D eigenvalue weighted by Gasteiger charge is -2.16. The predicted octanol–water partition coefficient (Wildman–Crippen LogP) is 2.23. The van der Waals surface area contributed by atoms with Crippen LogP contribution in [0.3, 0.4) is 0 Å². The predicted molar refractivity (Wildman–Crippen MR) is 65.3 cm³/mol. The maximum atomic E-state index is 12.0. The van der Waals surface area contributed by atoms with Crippen molar-refractivity contribution in [2.75, 3.05) is 13.6 Å². The highest BCUT2D eigenvalue weighted by Crippen LogP contribution is 2.27. The zero-order valence-electron chi connectivity index (χ0n) is 9.59. The molecule has 0 N–H and O–H groups in total. The molecule has 0 spiro atoms. The summed E-state index contributed by atoms with van der Waals surface area (Å²) >= 11 is 5.83. The SMILES string of the molecule is CN(CCC#N)C(=O)c1c(Cl)cccc1[N+](=O)[O-]. The van der Waals surface area contributed by atoms with E-state index in [-0.39, 0.29) is 29.2 Å². The second kappa shape index (κ2) is 5.98. The Morgan fingerprint density at radius 2 is 2.28 bits per heavy atom. The molecule has 0 saturated heterocycles. The first-order valence-electron chi connectivity index (χ1n) is 5.04. The molecule has 1 amide bonds. The maximum Gasteiger partial charge on any atom is 0.283 e. The van der Waals surface area contributed by atoms with Gasteiger partial charge in [-0.05, 0) is 6.07 Å². The van der Waals surface area contributed by atoms with Gasteiger partial charge in [0, 0.05) is 19.7 Å². The Balaban J connectivity index is 3.12. The maximum absolute atomic E-state index is 12.0. The van der Waals surface area contributed by atoms with E-state index in [9.17, 15) is 14.9 Å². The van der Waals surface area contributed by atoms with E-state index in [1.807, 2.05) is 6.07 Å². The molecule has 6 nitrogen and oxygen atoms in total. The summed E-state index contributed by atoms with van der Waals surface area (Å²) in [5.74, 6) is -0.567. The number of nitriles is 1. The molecular weight excluding hydrogens is 258 g/mol. The first kappa shape index (κ1) is 13.9. The summed E-state index contributed by atoms with van der Waals surface area (Å²) in [4.78, 5) is 23.4. The zero-order chi connectivity index (χ0) is 13.7. The number of carbonyl (C=O) groups excluding carboxylic acids is 1. The average Bonchev–Trinajstić information content (AvgIpc) is 2.34. The lowest BCUT2D eigenvalue weighted by molar-refractivity contribution is -0.385. The van der Waals surface area contributed by atoms with Crippen LogP contribution in [0.25, 0.3) is 0 Å². The van der Waals surface area contributed by atoms with Gasteiger partial charge in [0.2, 0.25) is 0 Å². The van der Waals surface area contributed by atoms with Crippen molar-refractivity contribution in [3.05, 3.63) is 38.9 Å². The summed E-state index contributed by atoms with van der Waals surface area (Å²) in [6, 6.07) is 5.94. The first-order chi connectivity index (χ1) is 8.49. The molecule has 0 atom stereocenters. The summed E-state index contributed by atoms with van der Waals surface area (Å²) in [5, 5.41) is 19.3. The Kier molecular flexibility index (Phi) is 4.63. The van der Waals surface area contributed by atoms with Crippen LogP contribution < -0.4 is 0 Å². The third kappa shape index (κ3) is 2.96. The number of nitro groups is 1. The number of amides is 1. The van der Waals surface area contributed by atoms with Crippen molar-refractivity contribution in [1.29, 1.82) is 5.26 Å². The molecule has 1 rings (SSSR count). The van der Waals surface area contributed by atoms with E-state index in [4.69, 9.17) is 16.9 Å². The number of nitro benzene ring substituents is 1. The first-order valence-corrected chi connectivity index (χ1v) is 5.42. The smallest absolute Gasteiger partial charge is 0.283 e. The fourth-order valence-corrected chi connectivity index (χ4v) is 1.64. The van der Waals surface area contributed by atoms with Crippen LogP contribution in [-0.4, -0.2) is 29.3 Å². The van der Waals surface area contributed by atoms with Crippen molar-refractivity contribution in [1.82, 2.24) is 4.90 Å². The van der Waals surface area contributed by atoms with Gasteiger partial charge in [-0.2, -0.15) is 5.26 Å². The van der Waals surface area contributed by atoms with Gasteiger partial charge in [-0.15, -0.1) is 0 Å². The van der Waals surface area contributed by atoms with E-state index in [1.54, 1.807) is 0 Å². The van der Waals surface area contributed by atoms with Crippen LogP contribution in [0.15, 0.2) is 18.2 Å². The van der Waals surface area contributed by atoms with Crippen LogP contribution in [0.1, 0.15) is 16.8 Å². The Bertz CT molecular complexity index is 525. The van der Waals surface area contributed by atoms with E-state index < -0.39 is 10.8 Å². The van der Waals surface area contributed by atoms with E-state index in [0.717, 1.165) is 0 Å². The number of rotatable bonds is 4. The lowest BCUT2D eigenvalue weighted by atomic mass is 10.1. The Labute approximate surface area is 109 Å². The number of benzene rings is 1. The second-order valence-electron chi connectivity index (χ2n) is 3.53. The number of carbonyl (C=O) groups is 1. The highest BCUT2D eigenvalue weighted by atomic mass is 35.5. The van der Waals surface area contributed by atoms with Crippen molar-refractivity contribution in [3.63, 3.8) is 0 Å². The van der Waals surface area contributed by atoms with E-state index in [1.165, 1.54) is 30.1 Å². The van der Waals surface area contributed by atoms with Crippen molar-refractivity contribution < 1.29 is 9.72 Å². The molecule has 1 aromatic rings. The largest absolute Gasteiger partial charge is 0.340 e. The van der Waals surface area contributed by atoms with Gasteiger partial charge in [0.05, 0.1) is 22.4 Å². The van der Waals surface area contributed by atoms with Crippen molar-refractivity contribution in [2.45, 2.75) is 6.42 Å². The van der Waals surface area contributed by atoms with Crippen LogP contribution in [0, 0.1) is 21.4 Å². The highest BCUT2D eigenvalue weighted by Gasteiger charge is 2.25. The van der Waals surface area contributed by atoms with Crippen LogP contribution >= 0.6 is 11.6 Å². The fraction of sp³-hybridized carbons (Fsp3) is 0.273. The molecule has 18 heavy (non-hydrogen) atoms. The van der Waals surface area contributed by atoms with Crippen molar-refractivity contribution in [2.24, 2.45) is 0 Å². The van der Waals surface area contributed by atoms with E-state index >= 15 is 0 Å². The van der Waals surface area contributed by atoms with Gasteiger partial charge >= 0.3 is 0 Å². The number of halogens is 1. The molecule has 94 valence electrons. The lowest BCUT2D eigenvalue weighted by Crippen LogP contribution is -2.28. The molecule has 0 saturated carbocycles. The van der Waals surface area contributed by atoms with Gasteiger partial charge in [-0.3, -0.25) is 14.9 Å². The molecule has 0 radical (unpaired) electrons. The normalized spacial score (nSPS) is 9.61. The summed E-state index contributed by atoms with van der Waals surface area (Å²) < 4.78 is 0. The average molecular weight is 268 g/mol. The van der Waals surface area contributed by atoms with Crippen LogP contribution in [-0.2, 0) is 0 Å². The highest BCUT2D eigenvalue weighted by molar-refractivity contribution is 6.34. The third-order valence-electron chi connectivity index (χ3n) is 2.31. The molecule has 7 heteroatoms. The monoisotopic (exact) mass is 267 g/mol. The number of hydrogen-bond donors (Lipinski definition) is 0. The van der Waals surface area contributed by atoms with Crippen molar-refractivity contribution >= 4 is 23.2 Å². The quantitative estimate of drug-likeness (QED) is 0.618. The zero-order valence-corrected chi connectivity index (χ0v) is 10.3. The fourth-order valence-electron chi connectivity index (χ4n) is 1.39. The number of hydrogen-bond acceptors (Lipinski definition) is 4. The van der Waals surface area contributed by atoms with Gasteiger partial charge in [-0.1, -0.05) is 17.7 Å². The van der Waals surface area contributed by atoms with Crippen LogP contribution in [0.4, 0.5) is 5.69 Å². The number of nitrogens with zero attached hydrogens (tertiary/aromatic N) is 3. The van der Waals surface area contributed by atoms with E-state index in [0.29, 0.717) is 0 Å².